The second kappa shape index (κ2) is 4.50. The van der Waals surface area contributed by atoms with Crippen molar-refractivity contribution in [2.45, 2.75) is 11.1 Å². The van der Waals surface area contributed by atoms with Gasteiger partial charge in [0.05, 0.1) is 12.4 Å². The molecule has 1 unspecified atom stereocenters. The van der Waals surface area contributed by atoms with Crippen LogP contribution in [0.25, 0.3) is 0 Å². The van der Waals surface area contributed by atoms with Gasteiger partial charge in [-0.1, -0.05) is 18.2 Å². The van der Waals surface area contributed by atoms with Crippen LogP contribution in [0.2, 0.25) is 0 Å². The highest BCUT2D eigenvalue weighted by Gasteiger charge is 2.31. The number of rotatable bonds is 3. The molecule has 8 heteroatoms. The number of aromatic nitrogens is 2. The van der Waals surface area contributed by atoms with Crippen LogP contribution in [0.5, 0.6) is 5.75 Å². The Bertz CT molecular complexity index is 734. The Balaban J connectivity index is 1.93. The van der Waals surface area contributed by atoms with E-state index in [9.17, 15) is 8.42 Å². The molecule has 0 fully saturated rings. The zero-order valence-corrected chi connectivity index (χ0v) is 11.6. The van der Waals surface area contributed by atoms with Crippen LogP contribution in [-0.2, 0) is 17.1 Å². The molecule has 1 atom stereocenters. The van der Waals surface area contributed by atoms with Crippen LogP contribution < -0.4 is 15.2 Å². The van der Waals surface area contributed by atoms with E-state index in [1.807, 2.05) is 24.3 Å². The molecule has 20 heavy (non-hydrogen) atoms. The molecule has 0 radical (unpaired) electrons. The molecule has 0 spiro atoms. The van der Waals surface area contributed by atoms with E-state index < -0.39 is 16.1 Å². The minimum Gasteiger partial charge on any atom is -0.491 e. The lowest BCUT2D eigenvalue weighted by Crippen LogP contribution is -2.31. The Kier molecular flexibility index (Phi) is 2.91. The number of imidazole rings is 1. The molecule has 1 aliphatic heterocycles. The van der Waals surface area contributed by atoms with Gasteiger partial charge in [-0.05, 0) is 6.07 Å². The lowest BCUT2D eigenvalue weighted by atomic mass is 10.1. The minimum atomic E-state index is -3.76. The third-order valence-corrected chi connectivity index (χ3v) is 4.76. The summed E-state index contributed by atoms with van der Waals surface area (Å²) in [4.78, 5) is 3.79. The van der Waals surface area contributed by atoms with Crippen molar-refractivity contribution in [1.82, 2.24) is 14.3 Å². The molecule has 1 aliphatic rings. The number of nitrogens with zero attached hydrogens (tertiary/aromatic N) is 2. The van der Waals surface area contributed by atoms with Crippen molar-refractivity contribution in [3.8, 4) is 5.75 Å². The summed E-state index contributed by atoms with van der Waals surface area (Å²) in [5.41, 5.74) is 6.43. The minimum absolute atomic E-state index is 0.0211. The Morgan fingerprint density at radius 1 is 1.45 bits per heavy atom. The zero-order valence-electron chi connectivity index (χ0n) is 10.8. The van der Waals surface area contributed by atoms with Gasteiger partial charge in [0.1, 0.15) is 12.4 Å². The average molecular weight is 294 g/mol. The maximum absolute atomic E-state index is 12.4. The molecular formula is C12H14N4O3S. The molecule has 2 heterocycles. The summed E-state index contributed by atoms with van der Waals surface area (Å²) < 4.78 is 34.2. The van der Waals surface area contributed by atoms with Crippen molar-refractivity contribution in [3.05, 3.63) is 36.2 Å². The molecule has 0 saturated heterocycles. The number of benzene rings is 1. The maximum atomic E-state index is 12.4. The second-order valence-electron chi connectivity index (χ2n) is 4.57. The van der Waals surface area contributed by atoms with Crippen molar-refractivity contribution < 1.29 is 13.2 Å². The molecule has 2 aromatic rings. The quantitative estimate of drug-likeness (QED) is 0.854. The fourth-order valence-corrected chi connectivity index (χ4v) is 3.70. The molecule has 3 N–H and O–H groups in total. The van der Waals surface area contributed by atoms with E-state index in [4.69, 9.17) is 10.5 Å². The van der Waals surface area contributed by atoms with Crippen LogP contribution in [0.1, 0.15) is 11.6 Å². The van der Waals surface area contributed by atoms with E-state index in [-0.39, 0.29) is 17.5 Å². The predicted molar refractivity (Wildman–Crippen MR) is 72.6 cm³/mol. The molecule has 0 amide bonds. The average Bonchev–Trinajstić information content (AvgIpc) is 2.94. The van der Waals surface area contributed by atoms with Crippen LogP contribution in [0.3, 0.4) is 0 Å². The Morgan fingerprint density at radius 2 is 2.20 bits per heavy atom. The highest BCUT2D eigenvalue weighted by atomic mass is 32.2. The predicted octanol–water partition coefficient (Wildman–Crippen LogP) is 0.414. The summed E-state index contributed by atoms with van der Waals surface area (Å²) in [5.74, 6) is 0.672. The van der Waals surface area contributed by atoms with E-state index in [0.29, 0.717) is 5.75 Å². The number of nitrogens with one attached hydrogen (secondary N) is 1. The first-order chi connectivity index (χ1) is 9.49. The number of hydrogen-bond acceptors (Lipinski definition) is 5. The van der Waals surface area contributed by atoms with Gasteiger partial charge in [0.2, 0.25) is 0 Å². The Morgan fingerprint density at radius 3 is 2.90 bits per heavy atom. The van der Waals surface area contributed by atoms with Crippen LogP contribution in [0.15, 0.2) is 35.6 Å². The standard InChI is InChI=1S/C12H14N4O3S/c1-16-7-14-11(13)12(16)20(17,18)15-9-6-19-10-5-3-2-4-8(9)10/h2-5,7,9,15H,6,13H2,1H3. The SMILES string of the molecule is Cn1cnc(N)c1S(=O)(=O)NC1COc2ccccc21. The maximum Gasteiger partial charge on any atom is 0.260 e. The number of nitrogen functional groups attached to an aromatic ring is 1. The second-order valence-corrected chi connectivity index (χ2v) is 6.20. The van der Waals surface area contributed by atoms with Crippen molar-refractivity contribution >= 4 is 15.8 Å². The number of para-hydroxylation sites is 1. The van der Waals surface area contributed by atoms with Gasteiger partial charge in [0.15, 0.2) is 10.8 Å². The summed E-state index contributed by atoms with van der Waals surface area (Å²) in [6, 6.07) is 6.90. The molecule has 0 bridgehead atoms. The van der Waals surface area contributed by atoms with Gasteiger partial charge < -0.3 is 15.0 Å². The number of sulfonamides is 1. The van der Waals surface area contributed by atoms with E-state index in [1.165, 1.54) is 10.9 Å². The van der Waals surface area contributed by atoms with Crippen LogP contribution in [0.4, 0.5) is 5.82 Å². The summed E-state index contributed by atoms with van der Waals surface area (Å²) in [5, 5.41) is -0.0399. The normalized spacial score (nSPS) is 17.8. The summed E-state index contributed by atoms with van der Waals surface area (Å²) in [6.45, 7) is 0.260. The number of ether oxygens (including phenoxy) is 1. The molecule has 1 aromatic heterocycles. The van der Waals surface area contributed by atoms with Gasteiger partial charge in [0, 0.05) is 12.6 Å². The first-order valence-corrected chi connectivity index (χ1v) is 7.48. The van der Waals surface area contributed by atoms with Gasteiger partial charge in [-0.3, -0.25) is 0 Å². The molecular weight excluding hydrogens is 280 g/mol. The third kappa shape index (κ3) is 2.02. The van der Waals surface area contributed by atoms with Crippen LogP contribution >= 0.6 is 0 Å². The van der Waals surface area contributed by atoms with Gasteiger partial charge in [0.25, 0.3) is 10.0 Å². The lowest BCUT2D eigenvalue weighted by molar-refractivity contribution is 0.325. The molecule has 106 valence electrons. The van der Waals surface area contributed by atoms with Crippen molar-refractivity contribution in [1.29, 1.82) is 0 Å². The number of anilines is 1. The largest absolute Gasteiger partial charge is 0.491 e. The van der Waals surface area contributed by atoms with Crippen molar-refractivity contribution in [2.75, 3.05) is 12.3 Å². The van der Waals surface area contributed by atoms with Gasteiger partial charge in [-0.15, -0.1) is 0 Å². The fraction of sp³-hybridized carbons (Fsp3) is 0.250. The smallest absolute Gasteiger partial charge is 0.260 e. The van der Waals surface area contributed by atoms with Crippen molar-refractivity contribution in [3.63, 3.8) is 0 Å². The highest BCUT2D eigenvalue weighted by molar-refractivity contribution is 7.89. The third-order valence-electron chi connectivity index (χ3n) is 3.16. The summed E-state index contributed by atoms with van der Waals surface area (Å²) in [6.07, 6.45) is 1.36. The molecule has 7 nitrogen and oxygen atoms in total. The molecule has 0 saturated carbocycles. The van der Waals surface area contributed by atoms with E-state index in [2.05, 4.69) is 9.71 Å². The lowest BCUT2D eigenvalue weighted by Gasteiger charge is -2.12. The highest BCUT2D eigenvalue weighted by Crippen LogP contribution is 2.33. The monoisotopic (exact) mass is 294 g/mol. The zero-order chi connectivity index (χ0) is 14.3. The van der Waals surface area contributed by atoms with E-state index >= 15 is 0 Å². The number of hydrogen-bond donors (Lipinski definition) is 2. The molecule has 3 rings (SSSR count). The summed E-state index contributed by atoms with van der Waals surface area (Å²) >= 11 is 0. The summed E-state index contributed by atoms with van der Waals surface area (Å²) in [7, 11) is -2.18. The van der Waals surface area contributed by atoms with E-state index in [0.717, 1.165) is 5.56 Å². The first-order valence-electron chi connectivity index (χ1n) is 6.00. The van der Waals surface area contributed by atoms with Crippen LogP contribution in [-0.4, -0.2) is 24.6 Å². The number of fused-ring (bicyclic) bond motifs is 1. The van der Waals surface area contributed by atoms with Gasteiger partial charge in [-0.2, -0.15) is 4.72 Å². The van der Waals surface area contributed by atoms with E-state index in [1.54, 1.807) is 7.05 Å². The molecule has 0 aliphatic carbocycles. The topological polar surface area (TPSA) is 99.2 Å². The van der Waals surface area contributed by atoms with Gasteiger partial charge >= 0.3 is 0 Å². The van der Waals surface area contributed by atoms with Crippen LogP contribution in [0, 0.1) is 0 Å². The number of nitrogens with two attached hydrogens (primary N) is 1. The Hall–Kier alpha value is -2.06. The number of aryl methyl sites for hydroxylation is 1. The fourth-order valence-electron chi connectivity index (χ4n) is 2.27. The van der Waals surface area contributed by atoms with Gasteiger partial charge in [-0.25, -0.2) is 13.4 Å². The molecule has 1 aromatic carbocycles. The first kappa shape index (κ1) is 12.9. The van der Waals surface area contributed by atoms with Crippen molar-refractivity contribution in [2.24, 2.45) is 7.05 Å². The Labute approximate surface area is 116 Å².